The second kappa shape index (κ2) is 4.64. The van der Waals surface area contributed by atoms with Crippen LogP contribution in [-0.4, -0.2) is 25.9 Å². The minimum atomic E-state index is -0.537. The van der Waals surface area contributed by atoms with Crippen molar-refractivity contribution in [3.8, 4) is 0 Å². The third kappa shape index (κ3) is 3.53. The minimum Gasteiger partial charge on any atom is -0.359 e. The molecule has 0 heterocycles. The zero-order chi connectivity index (χ0) is 12.3. The molecule has 2 amide bonds. The Kier molecular flexibility index (Phi) is 4.31. The van der Waals surface area contributed by atoms with Crippen molar-refractivity contribution in [3.05, 3.63) is 0 Å². The van der Waals surface area contributed by atoms with Gasteiger partial charge in [0, 0.05) is 24.9 Å². The van der Waals surface area contributed by atoms with Crippen molar-refractivity contribution in [1.82, 2.24) is 10.6 Å². The van der Waals surface area contributed by atoms with Crippen LogP contribution in [0, 0.1) is 10.8 Å². The molecular formula is C11H22N2O2. The lowest BCUT2D eigenvalue weighted by atomic mass is 9.74. The Morgan fingerprint density at radius 1 is 0.867 bits per heavy atom. The zero-order valence-corrected chi connectivity index (χ0v) is 10.5. The third-order valence-corrected chi connectivity index (χ3v) is 2.57. The van der Waals surface area contributed by atoms with E-state index in [9.17, 15) is 9.59 Å². The first kappa shape index (κ1) is 13.9. The minimum absolute atomic E-state index is 0.0421. The average Bonchev–Trinajstić information content (AvgIpc) is 2.13. The van der Waals surface area contributed by atoms with Gasteiger partial charge >= 0.3 is 0 Å². The summed E-state index contributed by atoms with van der Waals surface area (Å²) in [5.41, 5.74) is -1.07. The summed E-state index contributed by atoms with van der Waals surface area (Å²) in [6, 6.07) is 0. The van der Waals surface area contributed by atoms with E-state index in [1.54, 1.807) is 14.1 Å². The fourth-order valence-electron chi connectivity index (χ4n) is 1.94. The number of nitrogens with one attached hydrogen (secondary N) is 2. The molecule has 4 nitrogen and oxygen atoms in total. The van der Waals surface area contributed by atoms with Gasteiger partial charge in [-0.1, -0.05) is 27.7 Å². The summed E-state index contributed by atoms with van der Waals surface area (Å²) in [6.45, 7) is 7.38. The SMILES string of the molecule is CNC(=O)C(C)(C)CC(C)(C)C(=O)NC. The van der Waals surface area contributed by atoms with Crippen LogP contribution in [0.25, 0.3) is 0 Å². The van der Waals surface area contributed by atoms with Gasteiger partial charge in [0.1, 0.15) is 0 Å². The molecule has 0 unspecified atom stereocenters. The van der Waals surface area contributed by atoms with Crippen molar-refractivity contribution in [2.24, 2.45) is 10.8 Å². The van der Waals surface area contributed by atoms with Crippen LogP contribution in [0.3, 0.4) is 0 Å². The van der Waals surface area contributed by atoms with E-state index < -0.39 is 10.8 Å². The van der Waals surface area contributed by atoms with Crippen LogP contribution in [0.15, 0.2) is 0 Å². The highest BCUT2D eigenvalue weighted by molar-refractivity contribution is 5.85. The lowest BCUT2D eigenvalue weighted by Gasteiger charge is -2.32. The summed E-state index contributed by atoms with van der Waals surface area (Å²) in [5.74, 6) is -0.0843. The highest BCUT2D eigenvalue weighted by Gasteiger charge is 2.37. The highest BCUT2D eigenvalue weighted by atomic mass is 16.2. The first-order valence-corrected chi connectivity index (χ1v) is 5.12. The van der Waals surface area contributed by atoms with Gasteiger partial charge in [0.15, 0.2) is 0 Å². The summed E-state index contributed by atoms with van der Waals surface area (Å²) in [7, 11) is 3.22. The van der Waals surface area contributed by atoms with Gasteiger partial charge in [0.25, 0.3) is 0 Å². The number of carbonyl (C=O) groups is 2. The van der Waals surface area contributed by atoms with Gasteiger partial charge in [-0.2, -0.15) is 0 Å². The van der Waals surface area contributed by atoms with Crippen LogP contribution < -0.4 is 10.6 Å². The van der Waals surface area contributed by atoms with Gasteiger partial charge in [0.2, 0.25) is 11.8 Å². The molecule has 4 heteroatoms. The Bertz CT molecular complexity index is 231. The van der Waals surface area contributed by atoms with E-state index in [4.69, 9.17) is 0 Å². The Morgan fingerprint density at radius 2 is 1.13 bits per heavy atom. The normalized spacial score (nSPS) is 12.1. The number of hydrogen-bond donors (Lipinski definition) is 2. The van der Waals surface area contributed by atoms with Crippen molar-refractivity contribution in [2.75, 3.05) is 14.1 Å². The van der Waals surface area contributed by atoms with Gasteiger partial charge in [-0.15, -0.1) is 0 Å². The van der Waals surface area contributed by atoms with E-state index in [1.807, 2.05) is 27.7 Å². The van der Waals surface area contributed by atoms with Gasteiger partial charge in [-0.25, -0.2) is 0 Å². The maximum Gasteiger partial charge on any atom is 0.225 e. The van der Waals surface area contributed by atoms with E-state index in [0.717, 1.165) is 0 Å². The van der Waals surface area contributed by atoms with Crippen molar-refractivity contribution >= 4 is 11.8 Å². The predicted molar refractivity (Wildman–Crippen MR) is 60.3 cm³/mol. The summed E-state index contributed by atoms with van der Waals surface area (Å²) < 4.78 is 0. The second-order valence-corrected chi connectivity index (χ2v) is 5.10. The van der Waals surface area contributed by atoms with Crippen LogP contribution in [-0.2, 0) is 9.59 Å². The van der Waals surface area contributed by atoms with E-state index >= 15 is 0 Å². The molecule has 0 bridgehead atoms. The standard InChI is InChI=1S/C11H22N2O2/c1-10(2,8(14)12-5)7-11(3,4)9(15)13-6/h7H2,1-6H3,(H,12,14)(H,13,15). The zero-order valence-electron chi connectivity index (χ0n) is 10.5. The smallest absolute Gasteiger partial charge is 0.225 e. The molecule has 0 saturated heterocycles. The molecule has 0 fully saturated rings. The molecule has 0 aromatic carbocycles. The Balaban J connectivity index is 4.71. The maximum absolute atomic E-state index is 11.6. The summed E-state index contributed by atoms with van der Waals surface area (Å²) in [5, 5.41) is 5.23. The maximum atomic E-state index is 11.6. The monoisotopic (exact) mass is 214 g/mol. The molecule has 0 aromatic rings. The van der Waals surface area contributed by atoms with Gasteiger partial charge in [0.05, 0.1) is 0 Å². The molecule has 0 spiro atoms. The largest absolute Gasteiger partial charge is 0.359 e. The summed E-state index contributed by atoms with van der Waals surface area (Å²) in [4.78, 5) is 23.2. The van der Waals surface area contributed by atoms with Crippen molar-refractivity contribution in [2.45, 2.75) is 34.1 Å². The van der Waals surface area contributed by atoms with Crippen LogP contribution in [0.2, 0.25) is 0 Å². The quantitative estimate of drug-likeness (QED) is 0.731. The van der Waals surface area contributed by atoms with Crippen molar-refractivity contribution in [1.29, 1.82) is 0 Å². The summed E-state index contributed by atoms with van der Waals surface area (Å²) >= 11 is 0. The fraction of sp³-hybridized carbons (Fsp3) is 0.818. The van der Waals surface area contributed by atoms with E-state index in [2.05, 4.69) is 10.6 Å². The molecule has 0 rings (SSSR count). The molecule has 0 aliphatic rings. The molecule has 0 radical (unpaired) electrons. The number of amides is 2. The molecule has 2 N–H and O–H groups in total. The van der Waals surface area contributed by atoms with Crippen LogP contribution in [0.5, 0.6) is 0 Å². The Morgan fingerprint density at radius 3 is 1.33 bits per heavy atom. The highest BCUT2D eigenvalue weighted by Crippen LogP contribution is 2.33. The fourth-order valence-corrected chi connectivity index (χ4v) is 1.94. The van der Waals surface area contributed by atoms with Crippen molar-refractivity contribution in [3.63, 3.8) is 0 Å². The van der Waals surface area contributed by atoms with Crippen LogP contribution >= 0.6 is 0 Å². The van der Waals surface area contributed by atoms with Gasteiger partial charge in [-0.05, 0) is 6.42 Å². The van der Waals surface area contributed by atoms with Gasteiger partial charge < -0.3 is 10.6 Å². The Labute approximate surface area is 91.8 Å². The molecule has 0 saturated carbocycles. The first-order chi connectivity index (χ1) is 6.67. The predicted octanol–water partition coefficient (Wildman–Crippen LogP) is 0.921. The van der Waals surface area contributed by atoms with E-state index in [1.165, 1.54) is 0 Å². The van der Waals surface area contributed by atoms with E-state index in [0.29, 0.717) is 6.42 Å². The molecule has 0 atom stereocenters. The number of carbonyl (C=O) groups excluding carboxylic acids is 2. The van der Waals surface area contributed by atoms with Crippen molar-refractivity contribution < 1.29 is 9.59 Å². The number of hydrogen-bond acceptors (Lipinski definition) is 2. The third-order valence-electron chi connectivity index (χ3n) is 2.57. The van der Waals surface area contributed by atoms with Crippen LogP contribution in [0.4, 0.5) is 0 Å². The summed E-state index contributed by atoms with van der Waals surface area (Å²) in [6.07, 6.45) is 0.513. The van der Waals surface area contributed by atoms with Crippen LogP contribution in [0.1, 0.15) is 34.1 Å². The van der Waals surface area contributed by atoms with E-state index in [-0.39, 0.29) is 11.8 Å². The number of rotatable bonds is 4. The Hall–Kier alpha value is -1.06. The lowest BCUT2D eigenvalue weighted by Crippen LogP contribution is -2.43. The van der Waals surface area contributed by atoms with Gasteiger partial charge in [-0.3, -0.25) is 9.59 Å². The molecule has 0 aliphatic heterocycles. The molecule has 15 heavy (non-hydrogen) atoms. The molecular weight excluding hydrogens is 192 g/mol. The first-order valence-electron chi connectivity index (χ1n) is 5.12. The second-order valence-electron chi connectivity index (χ2n) is 5.10. The molecule has 0 aliphatic carbocycles. The average molecular weight is 214 g/mol. The molecule has 0 aromatic heterocycles. The topological polar surface area (TPSA) is 58.2 Å². The molecule has 88 valence electrons. The lowest BCUT2D eigenvalue weighted by molar-refractivity contribution is -0.135.